The minimum Gasteiger partial charge on any atom is -0.381 e. The normalized spacial score (nSPS) is 17.3. The maximum absolute atomic E-state index is 13.2. The van der Waals surface area contributed by atoms with Crippen LogP contribution in [0.2, 0.25) is 0 Å². The van der Waals surface area contributed by atoms with Gasteiger partial charge in [0.05, 0.1) is 0 Å². The van der Waals surface area contributed by atoms with E-state index in [2.05, 4.69) is 32.0 Å². The number of nitrogens with zero attached hydrogens (tertiary/aromatic N) is 2. The zero-order valence-corrected chi connectivity index (χ0v) is 14.9. The molecule has 1 aliphatic rings. The molecule has 1 amide bonds. The Balaban J connectivity index is 2.14. The Morgan fingerprint density at radius 2 is 2.00 bits per heavy atom. The summed E-state index contributed by atoms with van der Waals surface area (Å²) in [5.41, 5.74) is 2.26. The van der Waals surface area contributed by atoms with Crippen molar-refractivity contribution in [3.8, 4) is 0 Å². The van der Waals surface area contributed by atoms with Crippen LogP contribution >= 0.6 is 0 Å². The smallest absolute Gasteiger partial charge is 0.244 e. The summed E-state index contributed by atoms with van der Waals surface area (Å²) in [6.45, 7) is 7.39. The van der Waals surface area contributed by atoms with Crippen LogP contribution in [0.5, 0.6) is 0 Å². The molecule has 0 aliphatic carbocycles. The van der Waals surface area contributed by atoms with Gasteiger partial charge in [-0.2, -0.15) is 0 Å². The van der Waals surface area contributed by atoms with Crippen LogP contribution in [-0.2, 0) is 9.53 Å². The number of hydrogen-bond acceptors (Lipinski definition) is 3. The van der Waals surface area contributed by atoms with E-state index in [9.17, 15) is 4.79 Å². The third-order valence-electron chi connectivity index (χ3n) is 4.62. The lowest BCUT2D eigenvalue weighted by Crippen LogP contribution is -2.43. The van der Waals surface area contributed by atoms with Gasteiger partial charge in [0.1, 0.15) is 6.04 Å². The molecule has 1 aliphatic heterocycles. The summed E-state index contributed by atoms with van der Waals surface area (Å²) in [6.07, 6.45) is 2.11. The molecular weight excluding hydrogens is 288 g/mol. The van der Waals surface area contributed by atoms with Crippen molar-refractivity contribution < 1.29 is 9.53 Å². The van der Waals surface area contributed by atoms with Gasteiger partial charge in [0, 0.05) is 26.3 Å². The molecule has 4 heteroatoms. The fraction of sp³-hybridized carbons (Fsp3) is 0.632. The molecule has 23 heavy (non-hydrogen) atoms. The molecule has 1 atom stereocenters. The Bertz CT molecular complexity index is 510. The molecule has 0 bridgehead atoms. The van der Waals surface area contributed by atoms with Crippen molar-refractivity contribution in [1.29, 1.82) is 0 Å². The lowest BCUT2D eigenvalue weighted by Gasteiger charge is -2.34. The van der Waals surface area contributed by atoms with Crippen LogP contribution in [0.15, 0.2) is 24.3 Å². The number of benzene rings is 1. The molecule has 0 saturated carbocycles. The second-order valence-corrected chi connectivity index (χ2v) is 6.71. The number of carbonyl (C=O) groups excluding carboxylic acids is 1. The monoisotopic (exact) mass is 318 g/mol. The molecule has 1 heterocycles. The third kappa shape index (κ3) is 4.79. The summed E-state index contributed by atoms with van der Waals surface area (Å²) in [6, 6.07) is 8.06. The average Bonchev–Trinajstić information content (AvgIpc) is 2.53. The first-order valence-corrected chi connectivity index (χ1v) is 8.62. The fourth-order valence-electron chi connectivity index (χ4n) is 3.29. The molecule has 128 valence electrons. The molecule has 0 aromatic heterocycles. The Morgan fingerprint density at radius 3 is 2.57 bits per heavy atom. The summed E-state index contributed by atoms with van der Waals surface area (Å²) < 4.78 is 5.43. The lowest BCUT2D eigenvalue weighted by atomic mass is 9.98. The molecule has 0 N–H and O–H groups in total. The van der Waals surface area contributed by atoms with Crippen LogP contribution in [-0.4, -0.2) is 56.1 Å². The zero-order valence-electron chi connectivity index (χ0n) is 14.9. The van der Waals surface area contributed by atoms with Crippen LogP contribution in [0, 0.1) is 12.8 Å². The molecule has 0 unspecified atom stereocenters. The Labute approximate surface area is 140 Å². The van der Waals surface area contributed by atoms with E-state index < -0.39 is 0 Å². The van der Waals surface area contributed by atoms with E-state index >= 15 is 0 Å². The summed E-state index contributed by atoms with van der Waals surface area (Å²) in [7, 11) is 3.96. The van der Waals surface area contributed by atoms with Crippen LogP contribution < -0.4 is 0 Å². The first-order valence-electron chi connectivity index (χ1n) is 8.62. The van der Waals surface area contributed by atoms with Gasteiger partial charge in [-0.15, -0.1) is 0 Å². The van der Waals surface area contributed by atoms with Crippen LogP contribution in [0.3, 0.4) is 0 Å². The minimum absolute atomic E-state index is 0.203. The van der Waals surface area contributed by atoms with Gasteiger partial charge >= 0.3 is 0 Å². The molecule has 0 radical (unpaired) electrons. The highest BCUT2D eigenvalue weighted by atomic mass is 16.5. The molecule has 1 saturated heterocycles. The van der Waals surface area contributed by atoms with Crippen LogP contribution in [0.1, 0.15) is 36.9 Å². The molecular formula is C19H30N2O2. The van der Waals surface area contributed by atoms with Gasteiger partial charge in [0.25, 0.3) is 0 Å². The van der Waals surface area contributed by atoms with Crippen molar-refractivity contribution in [2.75, 3.05) is 40.4 Å². The lowest BCUT2D eigenvalue weighted by molar-refractivity contribution is -0.137. The number of aryl methyl sites for hydroxylation is 1. The molecule has 1 fully saturated rings. The molecule has 4 nitrogen and oxygen atoms in total. The Hall–Kier alpha value is -1.39. The van der Waals surface area contributed by atoms with E-state index in [-0.39, 0.29) is 11.9 Å². The number of carbonyl (C=O) groups is 1. The highest BCUT2D eigenvalue weighted by Gasteiger charge is 2.29. The third-order valence-corrected chi connectivity index (χ3v) is 4.62. The van der Waals surface area contributed by atoms with E-state index in [1.807, 2.05) is 30.0 Å². The van der Waals surface area contributed by atoms with Crippen LogP contribution in [0.4, 0.5) is 0 Å². The van der Waals surface area contributed by atoms with Crippen molar-refractivity contribution in [3.63, 3.8) is 0 Å². The van der Waals surface area contributed by atoms with Gasteiger partial charge in [0.2, 0.25) is 5.91 Å². The predicted molar refractivity (Wildman–Crippen MR) is 93.4 cm³/mol. The Kier molecular flexibility index (Phi) is 6.60. The van der Waals surface area contributed by atoms with Gasteiger partial charge in [0.15, 0.2) is 0 Å². The highest BCUT2D eigenvalue weighted by Crippen LogP contribution is 2.24. The van der Waals surface area contributed by atoms with E-state index in [0.29, 0.717) is 5.92 Å². The van der Waals surface area contributed by atoms with Crippen LogP contribution in [0.25, 0.3) is 0 Å². The average molecular weight is 318 g/mol. The molecule has 2 rings (SSSR count). The predicted octanol–water partition coefficient (Wildman–Crippen LogP) is 2.87. The van der Waals surface area contributed by atoms with Crippen molar-refractivity contribution >= 4 is 5.91 Å². The SMILES string of the molecule is CCN(CC1CCOCC1)C(=O)[C@H](c1cccc(C)c1)N(C)C. The highest BCUT2D eigenvalue weighted by molar-refractivity contribution is 5.83. The van der Waals surface area contributed by atoms with Gasteiger partial charge in [-0.05, 0) is 52.3 Å². The number of likely N-dealkylation sites (N-methyl/N-ethyl adjacent to an activating group) is 2. The van der Waals surface area contributed by atoms with E-state index in [1.54, 1.807) is 0 Å². The number of amides is 1. The largest absolute Gasteiger partial charge is 0.381 e. The Morgan fingerprint density at radius 1 is 1.30 bits per heavy atom. The zero-order chi connectivity index (χ0) is 16.8. The maximum Gasteiger partial charge on any atom is 0.244 e. The van der Waals surface area contributed by atoms with E-state index in [0.717, 1.165) is 44.7 Å². The first kappa shape index (κ1) is 18.0. The van der Waals surface area contributed by atoms with Gasteiger partial charge < -0.3 is 9.64 Å². The van der Waals surface area contributed by atoms with Crippen molar-refractivity contribution in [3.05, 3.63) is 35.4 Å². The van der Waals surface area contributed by atoms with E-state index in [1.165, 1.54) is 5.56 Å². The minimum atomic E-state index is -0.213. The maximum atomic E-state index is 13.2. The quantitative estimate of drug-likeness (QED) is 0.808. The van der Waals surface area contributed by atoms with Crippen molar-refractivity contribution in [1.82, 2.24) is 9.80 Å². The van der Waals surface area contributed by atoms with Gasteiger partial charge in [-0.3, -0.25) is 9.69 Å². The van der Waals surface area contributed by atoms with Gasteiger partial charge in [-0.1, -0.05) is 29.8 Å². The fourth-order valence-corrected chi connectivity index (χ4v) is 3.29. The number of ether oxygens (including phenoxy) is 1. The summed E-state index contributed by atoms with van der Waals surface area (Å²) in [5.74, 6) is 0.766. The first-order chi connectivity index (χ1) is 11.0. The van der Waals surface area contributed by atoms with Gasteiger partial charge in [-0.25, -0.2) is 0 Å². The standard InChI is InChI=1S/C19H30N2O2/c1-5-21(14-16-9-11-23-12-10-16)19(22)18(20(3)4)17-8-6-7-15(2)13-17/h6-8,13,16,18H,5,9-12,14H2,1-4H3/t18-/m0/s1. The van der Waals surface area contributed by atoms with Crippen molar-refractivity contribution in [2.45, 2.75) is 32.7 Å². The second kappa shape index (κ2) is 8.46. The summed E-state index contributed by atoms with van der Waals surface area (Å²) in [5, 5.41) is 0. The molecule has 1 aromatic carbocycles. The molecule has 1 aromatic rings. The number of rotatable bonds is 6. The number of hydrogen-bond donors (Lipinski definition) is 0. The van der Waals surface area contributed by atoms with Crippen molar-refractivity contribution in [2.24, 2.45) is 5.92 Å². The topological polar surface area (TPSA) is 32.8 Å². The summed E-state index contributed by atoms with van der Waals surface area (Å²) in [4.78, 5) is 17.2. The second-order valence-electron chi connectivity index (χ2n) is 6.71. The van der Waals surface area contributed by atoms with E-state index in [4.69, 9.17) is 4.74 Å². The molecule has 0 spiro atoms. The summed E-state index contributed by atoms with van der Waals surface area (Å²) >= 11 is 0.